The molecule has 0 atom stereocenters. The van der Waals surface area contributed by atoms with Gasteiger partial charge in [0.25, 0.3) is 0 Å². The molecule has 3 N–H and O–H groups in total. The summed E-state index contributed by atoms with van der Waals surface area (Å²) in [5, 5.41) is 31.7. The molecule has 0 heterocycles. The normalized spacial score (nSPS) is 10.7. The fourth-order valence-electron chi connectivity index (χ4n) is 1.47. The van der Waals surface area contributed by atoms with Gasteiger partial charge < -0.3 is 20.2 Å². The van der Waals surface area contributed by atoms with Gasteiger partial charge in [-0.1, -0.05) is 35.5 Å². The Hall–Kier alpha value is -2.69. The molecule has 0 amide bonds. The number of hydrogen-bond donors (Lipinski definition) is 3. The molecule has 0 saturated carbocycles. The Labute approximate surface area is 110 Å². The summed E-state index contributed by atoms with van der Waals surface area (Å²) in [6.45, 7) is 0.308. The Morgan fingerprint density at radius 3 is 2.37 bits per heavy atom. The van der Waals surface area contributed by atoms with Crippen molar-refractivity contribution in [1.82, 2.24) is 0 Å². The Kier molecular flexibility index (Phi) is 3.87. The molecule has 0 fully saturated rings. The van der Waals surface area contributed by atoms with Crippen molar-refractivity contribution in [1.29, 1.82) is 0 Å². The first-order valence-electron chi connectivity index (χ1n) is 5.61. The van der Waals surface area contributed by atoms with Crippen LogP contribution in [-0.2, 0) is 11.4 Å². The summed E-state index contributed by atoms with van der Waals surface area (Å²) in [7, 11) is 0. The van der Waals surface area contributed by atoms with Crippen LogP contribution in [0, 0.1) is 0 Å². The van der Waals surface area contributed by atoms with Gasteiger partial charge >= 0.3 is 0 Å². The maximum Gasteiger partial charge on any atom is 0.161 e. The second-order valence-corrected chi connectivity index (χ2v) is 3.89. The highest BCUT2D eigenvalue weighted by Gasteiger charge is 2.05. The van der Waals surface area contributed by atoms with Gasteiger partial charge in [0.15, 0.2) is 11.5 Å². The van der Waals surface area contributed by atoms with Gasteiger partial charge in [-0.3, -0.25) is 0 Å². The van der Waals surface area contributed by atoms with E-state index in [2.05, 4.69) is 5.16 Å². The minimum atomic E-state index is -0.389. The predicted octanol–water partition coefficient (Wildman–Crippen LogP) is 2.35. The molecule has 0 aliphatic rings. The number of hydrogen-bond acceptors (Lipinski definition) is 5. The molecule has 98 valence electrons. The molecule has 5 heteroatoms. The highest BCUT2D eigenvalue weighted by atomic mass is 16.6. The lowest BCUT2D eigenvalue weighted by Gasteiger charge is -2.02. The lowest BCUT2D eigenvalue weighted by molar-refractivity contribution is 0.132. The van der Waals surface area contributed by atoms with E-state index in [1.807, 2.05) is 30.3 Å². The first-order valence-corrected chi connectivity index (χ1v) is 5.61. The third kappa shape index (κ3) is 3.38. The van der Waals surface area contributed by atoms with Crippen molar-refractivity contribution in [2.75, 3.05) is 0 Å². The first kappa shape index (κ1) is 12.8. The fourth-order valence-corrected chi connectivity index (χ4v) is 1.47. The lowest BCUT2D eigenvalue weighted by atomic mass is 10.2. The van der Waals surface area contributed by atoms with Crippen molar-refractivity contribution in [3.63, 3.8) is 0 Å². The van der Waals surface area contributed by atoms with Crippen molar-refractivity contribution in [3.05, 3.63) is 53.6 Å². The van der Waals surface area contributed by atoms with Gasteiger partial charge in [0, 0.05) is 11.6 Å². The van der Waals surface area contributed by atoms with Gasteiger partial charge in [0.05, 0.1) is 6.21 Å². The van der Waals surface area contributed by atoms with Crippen LogP contribution in [0.4, 0.5) is 0 Å². The molecular weight excluding hydrogens is 246 g/mol. The van der Waals surface area contributed by atoms with E-state index in [0.717, 1.165) is 11.6 Å². The van der Waals surface area contributed by atoms with Crippen LogP contribution in [0.5, 0.6) is 17.2 Å². The minimum Gasteiger partial charge on any atom is -0.507 e. The number of phenols is 3. The van der Waals surface area contributed by atoms with Crippen molar-refractivity contribution in [2.45, 2.75) is 6.61 Å². The molecule has 0 spiro atoms. The Morgan fingerprint density at radius 2 is 1.63 bits per heavy atom. The summed E-state index contributed by atoms with van der Waals surface area (Å²) >= 11 is 0. The van der Waals surface area contributed by atoms with Gasteiger partial charge in [-0.15, -0.1) is 0 Å². The minimum absolute atomic E-state index is 0.192. The molecule has 19 heavy (non-hydrogen) atoms. The molecule has 2 rings (SSSR count). The number of benzene rings is 2. The third-order valence-electron chi connectivity index (χ3n) is 2.46. The number of aromatic hydroxyl groups is 3. The van der Waals surface area contributed by atoms with Crippen LogP contribution in [-0.4, -0.2) is 21.5 Å². The lowest BCUT2D eigenvalue weighted by Crippen LogP contribution is -1.88. The predicted molar refractivity (Wildman–Crippen MR) is 70.3 cm³/mol. The number of rotatable bonds is 4. The summed E-state index contributed by atoms with van der Waals surface area (Å²) in [4.78, 5) is 5.06. The molecule has 0 unspecified atom stereocenters. The van der Waals surface area contributed by atoms with Crippen LogP contribution in [0.15, 0.2) is 47.6 Å². The highest BCUT2D eigenvalue weighted by molar-refractivity contribution is 5.84. The SMILES string of the molecule is Oc1cc(O)c(/C=N/OCc2ccccc2)cc1O. The molecule has 0 aliphatic heterocycles. The van der Waals surface area contributed by atoms with Gasteiger partial charge in [0.1, 0.15) is 12.4 Å². The van der Waals surface area contributed by atoms with E-state index in [1.165, 1.54) is 12.3 Å². The number of phenolic OH excluding ortho intramolecular Hbond substituents is 3. The van der Waals surface area contributed by atoms with Gasteiger partial charge in [-0.25, -0.2) is 0 Å². The Bertz CT molecular complexity index is 581. The van der Waals surface area contributed by atoms with Gasteiger partial charge in [-0.05, 0) is 11.6 Å². The summed E-state index contributed by atoms with van der Waals surface area (Å²) in [6, 6.07) is 11.7. The highest BCUT2D eigenvalue weighted by Crippen LogP contribution is 2.31. The number of nitrogens with zero attached hydrogens (tertiary/aromatic N) is 1. The maximum atomic E-state index is 9.51. The van der Waals surface area contributed by atoms with E-state index in [-0.39, 0.29) is 22.8 Å². The van der Waals surface area contributed by atoms with E-state index in [4.69, 9.17) is 9.94 Å². The molecule has 0 radical (unpaired) electrons. The van der Waals surface area contributed by atoms with Crippen LogP contribution in [0.3, 0.4) is 0 Å². The smallest absolute Gasteiger partial charge is 0.161 e. The van der Waals surface area contributed by atoms with Crippen LogP contribution >= 0.6 is 0 Å². The Morgan fingerprint density at radius 1 is 0.947 bits per heavy atom. The van der Waals surface area contributed by atoms with Gasteiger partial charge in [-0.2, -0.15) is 0 Å². The number of oxime groups is 1. The summed E-state index contributed by atoms with van der Waals surface area (Å²) < 4.78 is 0. The summed E-state index contributed by atoms with van der Waals surface area (Å²) in [6.07, 6.45) is 1.26. The van der Waals surface area contributed by atoms with Gasteiger partial charge in [0.2, 0.25) is 0 Å². The average molecular weight is 259 g/mol. The van der Waals surface area contributed by atoms with E-state index in [1.54, 1.807) is 0 Å². The summed E-state index contributed by atoms with van der Waals surface area (Å²) in [5.41, 5.74) is 1.22. The zero-order valence-corrected chi connectivity index (χ0v) is 10.0. The molecule has 0 aliphatic carbocycles. The van der Waals surface area contributed by atoms with Crippen molar-refractivity contribution >= 4 is 6.21 Å². The molecular formula is C14H13NO4. The molecule has 0 bridgehead atoms. The largest absolute Gasteiger partial charge is 0.507 e. The standard InChI is InChI=1S/C14H13NO4/c16-12-7-14(18)13(17)6-11(12)8-15-19-9-10-4-2-1-3-5-10/h1-8,16-18H,9H2/b15-8+. The van der Waals surface area contributed by atoms with E-state index >= 15 is 0 Å². The molecule has 2 aromatic carbocycles. The van der Waals surface area contributed by atoms with Crippen LogP contribution in [0.2, 0.25) is 0 Å². The van der Waals surface area contributed by atoms with E-state index < -0.39 is 0 Å². The van der Waals surface area contributed by atoms with Crippen LogP contribution in [0.1, 0.15) is 11.1 Å². The third-order valence-corrected chi connectivity index (χ3v) is 2.46. The topological polar surface area (TPSA) is 82.3 Å². The van der Waals surface area contributed by atoms with Crippen molar-refractivity contribution in [2.24, 2.45) is 5.16 Å². The summed E-state index contributed by atoms with van der Waals surface area (Å²) in [5.74, 6) is -0.912. The zero-order valence-electron chi connectivity index (χ0n) is 10.0. The quantitative estimate of drug-likeness (QED) is 0.340. The monoisotopic (exact) mass is 259 g/mol. The van der Waals surface area contributed by atoms with Crippen LogP contribution < -0.4 is 0 Å². The molecule has 0 saturated heterocycles. The van der Waals surface area contributed by atoms with Crippen molar-refractivity contribution in [3.8, 4) is 17.2 Å². The average Bonchev–Trinajstić information content (AvgIpc) is 2.41. The van der Waals surface area contributed by atoms with Crippen molar-refractivity contribution < 1.29 is 20.2 Å². The molecule has 5 nitrogen and oxygen atoms in total. The molecule has 2 aromatic rings. The second kappa shape index (κ2) is 5.77. The Balaban J connectivity index is 1.98. The molecule has 0 aromatic heterocycles. The zero-order chi connectivity index (χ0) is 13.7. The van der Waals surface area contributed by atoms with E-state index in [9.17, 15) is 10.2 Å². The van der Waals surface area contributed by atoms with Crippen LogP contribution in [0.25, 0.3) is 0 Å². The first-order chi connectivity index (χ1) is 9.16. The van der Waals surface area contributed by atoms with E-state index in [0.29, 0.717) is 6.61 Å². The maximum absolute atomic E-state index is 9.51. The fraction of sp³-hybridized carbons (Fsp3) is 0.0714. The second-order valence-electron chi connectivity index (χ2n) is 3.89.